The van der Waals surface area contributed by atoms with Crippen molar-refractivity contribution in [1.29, 1.82) is 0 Å². The molecule has 3 aromatic heterocycles. The van der Waals surface area contributed by atoms with E-state index < -0.39 is 5.76 Å². The van der Waals surface area contributed by atoms with Crippen LogP contribution in [0.15, 0.2) is 35.2 Å². The first-order chi connectivity index (χ1) is 10.7. The molecule has 116 valence electrons. The standard InChI is InChI=1S/C11H9Br2N5O4/c12-1-2-14-9-8(15-22-16-9)10-17-21-11(19)18(10)4-7-3-6(13)5-20-7/h3,5H,1-2,4H2,(H,14,16). The predicted octanol–water partition coefficient (Wildman–Crippen LogP) is 2.10. The summed E-state index contributed by atoms with van der Waals surface area (Å²) in [5.41, 5.74) is 0.289. The number of aromatic nitrogens is 4. The highest BCUT2D eigenvalue weighted by Crippen LogP contribution is 2.23. The third kappa shape index (κ3) is 2.99. The maximum atomic E-state index is 11.8. The van der Waals surface area contributed by atoms with Gasteiger partial charge < -0.3 is 9.73 Å². The normalized spacial score (nSPS) is 11.0. The summed E-state index contributed by atoms with van der Waals surface area (Å²) in [6.45, 7) is 0.752. The minimum atomic E-state index is -0.628. The maximum Gasteiger partial charge on any atom is 0.442 e. The quantitative estimate of drug-likeness (QED) is 0.587. The zero-order valence-corrected chi connectivity index (χ0v) is 14.1. The van der Waals surface area contributed by atoms with Crippen LogP contribution in [0.25, 0.3) is 11.5 Å². The first-order valence-electron chi connectivity index (χ1n) is 6.11. The molecule has 0 fully saturated rings. The Morgan fingerprint density at radius 3 is 2.91 bits per heavy atom. The van der Waals surface area contributed by atoms with Gasteiger partial charge in [-0.15, -0.1) is 0 Å². The van der Waals surface area contributed by atoms with Crippen molar-refractivity contribution in [3.8, 4) is 11.5 Å². The molecule has 3 heterocycles. The molecule has 0 unspecified atom stereocenters. The average molecular weight is 435 g/mol. The lowest BCUT2D eigenvalue weighted by molar-refractivity contribution is 0.309. The largest absolute Gasteiger partial charge is 0.466 e. The Morgan fingerprint density at radius 2 is 2.18 bits per heavy atom. The van der Waals surface area contributed by atoms with Crippen LogP contribution in [0.2, 0.25) is 0 Å². The van der Waals surface area contributed by atoms with E-state index in [2.05, 4.69) is 52.6 Å². The number of rotatable bonds is 6. The lowest BCUT2D eigenvalue weighted by atomic mass is 10.3. The van der Waals surface area contributed by atoms with Crippen molar-refractivity contribution in [3.63, 3.8) is 0 Å². The molecule has 0 aliphatic rings. The van der Waals surface area contributed by atoms with Crippen molar-refractivity contribution in [2.45, 2.75) is 6.54 Å². The number of alkyl halides is 1. The van der Waals surface area contributed by atoms with Gasteiger partial charge in [0.05, 0.1) is 11.0 Å². The van der Waals surface area contributed by atoms with Crippen LogP contribution < -0.4 is 11.1 Å². The van der Waals surface area contributed by atoms with E-state index in [1.54, 1.807) is 6.07 Å². The van der Waals surface area contributed by atoms with Gasteiger partial charge in [0.2, 0.25) is 11.6 Å². The Balaban J connectivity index is 1.95. The molecule has 0 atom stereocenters. The van der Waals surface area contributed by atoms with Gasteiger partial charge in [0.15, 0.2) is 5.69 Å². The van der Waals surface area contributed by atoms with Crippen LogP contribution in [0, 0.1) is 0 Å². The Hall–Kier alpha value is -1.88. The predicted molar refractivity (Wildman–Crippen MR) is 81.8 cm³/mol. The second kappa shape index (κ2) is 6.48. The number of halogens is 2. The van der Waals surface area contributed by atoms with Gasteiger partial charge in [0.25, 0.3) is 0 Å². The Bertz CT molecular complexity index is 820. The molecule has 0 saturated carbocycles. The van der Waals surface area contributed by atoms with Crippen molar-refractivity contribution in [2.75, 3.05) is 17.2 Å². The average Bonchev–Trinajstić information content (AvgIpc) is 3.20. The number of nitrogens with zero attached hydrogens (tertiary/aromatic N) is 4. The second-order valence-corrected chi connectivity index (χ2v) is 5.88. The Morgan fingerprint density at radius 1 is 1.32 bits per heavy atom. The van der Waals surface area contributed by atoms with Crippen LogP contribution in [0.3, 0.4) is 0 Å². The lowest BCUT2D eigenvalue weighted by Gasteiger charge is -2.02. The molecule has 3 aromatic rings. The van der Waals surface area contributed by atoms with E-state index in [1.165, 1.54) is 10.8 Å². The molecular weight excluding hydrogens is 426 g/mol. The Kier molecular flexibility index (Phi) is 4.43. The van der Waals surface area contributed by atoms with Gasteiger partial charge in [0, 0.05) is 11.9 Å². The number of nitrogens with one attached hydrogen (secondary N) is 1. The monoisotopic (exact) mass is 433 g/mol. The van der Waals surface area contributed by atoms with Crippen LogP contribution in [0.1, 0.15) is 5.76 Å². The summed E-state index contributed by atoms with van der Waals surface area (Å²) < 4.78 is 16.8. The van der Waals surface area contributed by atoms with Crippen molar-refractivity contribution in [3.05, 3.63) is 33.1 Å². The second-order valence-electron chi connectivity index (χ2n) is 4.17. The third-order valence-electron chi connectivity index (χ3n) is 2.71. The molecule has 3 rings (SSSR count). The summed E-state index contributed by atoms with van der Waals surface area (Å²) in [6.07, 6.45) is 1.52. The molecule has 11 heteroatoms. The fourth-order valence-corrected chi connectivity index (χ4v) is 2.33. The number of hydrogen-bond donors (Lipinski definition) is 1. The molecule has 0 aliphatic heterocycles. The molecule has 0 saturated heterocycles. The SMILES string of the molecule is O=c1onc(-c2nonc2NCCBr)n1Cc1cc(Br)co1. The first-order valence-corrected chi connectivity index (χ1v) is 8.02. The maximum absolute atomic E-state index is 11.8. The molecule has 0 aromatic carbocycles. The third-order valence-corrected chi connectivity index (χ3v) is 3.52. The van der Waals surface area contributed by atoms with Gasteiger partial charge in [-0.3, -0.25) is 4.52 Å². The summed E-state index contributed by atoms with van der Waals surface area (Å²) in [6, 6.07) is 1.74. The molecule has 9 nitrogen and oxygen atoms in total. The first kappa shape index (κ1) is 15.0. The highest BCUT2D eigenvalue weighted by Gasteiger charge is 2.22. The van der Waals surface area contributed by atoms with Crippen LogP contribution in [-0.4, -0.2) is 31.9 Å². The molecular formula is C11H9Br2N5O4. The minimum Gasteiger partial charge on any atom is -0.466 e. The zero-order valence-electron chi connectivity index (χ0n) is 11.0. The van der Waals surface area contributed by atoms with Gasteiger partial charge >= 0.3 is 5.76 Å². The van der Waals surface area contributed by atoms with E-state index in [9.17, 15) is 4.79 Å². The lowest BCUT2D eigenvalue weighted by Crippen LogP contribution is -2.16. The molecule has 0 aliphatic carbocycles. The van der Waals surface area contributed by atoms with Gasteiger partial charge in [-0.25, -0.2) is 14.0 Å². The molecule has 1 N–H and O–H groups in total. The van der Waals surface area contributed by atoms with Gasteiger partial charge in [-0.05, 0) is 32.3 Å². The van der Waals surface area contributed by atoms with Crippen molar-refractivity contribution >= 4 is 37.7 Å². The minimum absolute atomic E-state index is 0.147. The van der Waals surface area contributed by atoms with Crippen LogP contribution >= 0.6 is 31.9 Å². The van der Waals surface area contributed by atoms with Gasteiger partial charge in [-0.2, -0.15) is 0 Å². The Labute approximate surface area is 139 Å². The summed E-state index contributed by atoms with van der Waals surface area (Å²) in [5, 5.41) is 15.0. The van der Waals surface area contributed by atoms with E-state index in [-0.39, 0.29) is 18.1 Å². The van der Waals surface area contributed by atoms with Crippen LogP contribution in [-0.2, 0) is 6.54 Å². The smallest absolute Gasteiger partial charge is 0.442 e. The molecule has 0 spiro atoms. The van der Waals surface area contributed by atoms with Gasteiger partial charge in [0.1, 0.15) is 12.0 Å². The molecule has 0 bridgehead atoms. The van der Waals surface area contributed by atoms with E-state index in [1.807, 2.05) is 0 Å². The van der Waals surface area contributed by atoms with Crippen LogP contribution in [0.5, 0.6) is 0 Å². The fourth-order valence-electron chi connectivity index (χ4n) is 1.79. The van der Waals surface area contributed by atoms with Crippen molar-refractivity contribution in [2.24, 2.45) is 0 Å². The summed E-state index contributed by atoms with van der Waals surface area (Å²) in [4.78, 5) is 11.8. The summed E-state index contributed by atoms with van der Waals surface area (Å²) in [7, 11) is 0. The highest BCUT2D eigenvalue weighted by molar-refractivity contribution is 9.10. The fraction of sp³-hybridized carbons (Fsp3) is 0.273. The van der Waals surface area contributed by atoms with E-state index >= 15 is 0 Å². The highest BCUT2D eigenvalue weighted by atomic mass is 79.9. The molecule has 0 radical (unpaired) electrons. The topological polar surface area (TPSA) is 112 Å². The van der Waals surface area contributed by atoms with Gasteiger partial charge in [-0.1, -0.05) is 21.1 Å². The number of hydrogen-bond acceptors (Lipinski definition) is 8. The van der Waals surface area contributed by atoms with Crippen molar-refractivity contribution < 1.29 is 13.6 Å². The molecule has 0 amide bonds. The van der Waals surface area contributed by atoms with E-state index in [0.717, 1.165) is 4.47 Å². The number of anilines is 1. The molecule has 22 heavy (non-hydrogen) atoms. The van der Waals surface area contributed by atoms with E-state index in [0.29, 0.717) is 23.5 Å². The summed E-state index contributed by atoms with van der Waals surface area (Å²) >= 11 is 6.57. The zero-order chi connectivity index (χ0) is 15.5. The number of furan rings is 1. The van der Waals surface area contributed by atoms with Crippen LogP contribution in [0.4, 0.5) is 5.82 Å². The van der Waals surface area contributed by atoms with Crippen molar-refractivity contribution in [1.82, 2.24) is 20.0 Å². The van der Waals surface area contributed by atoms with E-state index in [4.69, 9.17) is 13.6 Å². The summed E-state index contributed by atoms with van der Waals surface area (Å²) in [5.74, 6) is 0.514.